The van der Waals surface area contributed by atoms with Gasteiger partial charge >= 0.3 is 0 Å². The maximum absolute atomic E-state index is 12.9. The minimum atomic E-state index is -0.730. The molecule has 5 nitrogen and oxygen atoms in total. The quantitative estimate of drug-likeness (QED) is 0.418. The van der Waals surface area contributed by atoms with Crippen LogP contribution < -0.4 is 0 Å². The number of hydrogen-bond donors (Lipinski definition) is 1. The van der Waals surface area contributed by atoms with Gasteiger partial charge in [0.1, 0.15) is 5.76 Å². The molecule has 0 bridgehead atoms. The van der Waals surface area contributed by atoms with Gasteiger partial charge in [-0.05, 0) is 44.8 Å². The molecule has 1 heterocycles. The first-order valence-corrected chi connectivity index (χ1v) is 10.0. The van der Waals surface area contributed by atoms with Crippen LogP contribution in [0.15, 0.2) is 54.1 Å². The molecule has 152 valence electrons. The molecule has 1 fully saturated rings. The normalized spacial score (nSPS) is 18.7. The summed E-state index contributed by atoms with van der Waals surface area (Å²) in [6.45, 7) is 1.13. The fourth-order valence-electron chi connectivity index (χ4n) is 3.45. The Labute approximate surface area is 180 Å². The van der Waals surface area contributed by atoms with Gasteiger partial charge in [-0.15, -0.1) is 0 Å². The largest absolute Gasteiger partial charge is 0.507 e. The Balaban J connectivity index is 2.11. The number of amides is 1. The zero-order valence-electron chi connectivity index (χ0n) is 16.2. The molecule has 1 atom stereocenters. The van der Waals surface area contributed by atoms with E-state index in [2.05, 4.69) is 0 Å². The first-order chi connectivity index (χ1) is 13.8. The number of hydrogen-bond acceptors (Lipinski definition) is 4. The first kappa shape index (κ1) is 21.4. The monoisotopic (exact) mass is 432 g/mol. The van der Waals surface area contributed by atoms with Gasteiger partial charge in [-0.3, -0.25) is 9.59 Å². The molecule has 7 heteroatoms. The van der Waals surface area contributed by atoms with Crippen LogP contribution in [0.2, 0.25) is 10.0 Å². The molecule has 1 saturated heterocycles. The molecule has 0 aliphatic carbocycles. The highest BCUT2D eigenvalue weighted by Gasteiger charge is 2.45. The van der Waals surface area contributed by atoms with Gasteiger partial charge in [-0.1, -0.05) is 59.6 Å². The predicted octanol–water partition coefficient (Wildman–Crippen LogP) is 4.37. The topological polar surface area (TPSA) is 60.9 Å². The Morgan fingerprint density at radius 3 is 2.38 bits per heavy atom. The lowest BCUT2D eigenvalue weighted by Crippen LogP contribution is -2.32. The number of rotatable bonds is 6. The third-order valence-electron chi connectivity index (χ3n) is 4.85. The summed E-state index contributed by atoms with van der Waals surface area (Å²) in [6.07, 6.45) is 0.684. The summed E-state index contributed by atoms with van der Waals surface area (Å²) in [5.74, 6) is -1.53. The van der Waals surface area contributed by atoms with E-state index in [1.54, 1.807) is 42.5 Å². The number of benzene rings is 2. The lowest BCUT2D eigenvalue weighted by molar-refractivity contribution is -0.139. The average molecular weight is 433 g/mol. The molecule has 0 saturated carbocycles. The van der Waals surface area contributed by atoms with Crippen molar-refractivity contribution in [3.05, 3.63) is 75.3 Å². The van der Waals surface area contributed by atoms with Crippen LogP contribution >= 0.6 is 23.2 Å². The van der Waals surface area contributed by atoms with E-state index in [9.17, 15) is 14.7 Å². The molecule has 0 spiro atoms. The van der Waals surface area contributed by atoms with Crippen LogP contribution in [0.4, 0.5) is 0 Å². The fraction of sp³-hybridized carbons (Fsp3) is 0.273. The average Bonchev–Trinajstić information content (AvgIpc) is 2.95. The maximum atomic E-state index is 12.9. The van der Waals surface area contributed by atoms with E-state index < -0.39 is 17.7 Å². The van der Waals surface area contributed by atoms with Crippen molar-refractivity contribution in [2.24, 2.45) is 0 Å². The van der Waals surface area contributed by atoms with Gasteiger partial charge in [0, 0.05) is 12.1 Å². The highest BCUT2D eigenvalue weighted by Crippen LogP contribution is 2.40. The van der Waals surface area contributed by atoms with Crippen molar-refractivity contribution < 1.29 is 14.7 Å². The maximum Gasteiger partial charge on any atom is 0.295 e. The second kappa shape index (κ2) is 8.99. The molecule has 1 aliphatic heterocycles. The number of ketones is 1. The standard InChI is InChI=1S/C22H22Cl2N2O3/c1-25(2)11-6-12-26-19(15-9-10-16(23)17(24)13-15)18(21(28)22(26)29)20(27)14-7-4-3-5-8-14/h3-5,7-10,13,19,27H,6,11-12H2,1-2H3/t19-/m1/s1. The van der Waals surface area contributed by atoms with Crippen molar-refractivity contribution in [1.82, 2.24) is 9.80 Å². The first-order valence-electron chi connectivity index (χ1n) is 9.24. The summed E-state index contributed by atoms with van der Waals surface area (Å²) in [6, 6.07) is 13.0. The number of likely N-dealkylation sites (tertiary alicyclic amines) is 1. The Morgan fingerprint density at radius 2 is 1.76 bits per heavy atom. The minimum Gasteiger partial charge on any atom is -0.507 e. The summed E-state index contributed by atoms with van der Waals surface area (Å²) in [5, 5.41) is 11.6. The second-order valence-electron chi connectivity index (χ2n) is 7.19. The summed E-state index contributed by atoms with van der Waals surface area (Å²) in [5.41, 5.74) is 1.16. The molecule has 3 rings (SSSR count). The molecular formula is C22H22Cl2N2O3. The van der Waals surface area contributed by atoms with Crippen molar-refractivity contribution in [1.29, 1.82) is 0 Å². The van der Waals surface area contributed by atoms with Crippen LogP contribution in [-0.2, 0) is 9.59 Å². The van der Waals surface area contributed by atoms with Gasteiger partial charge in [-0.25, -0.2) is 0 Å². The van der Waals surface area contributed by atoms with E-state index in [0.717, 1.165) is 6.54 Å². The van der Waals surface area contributed by atoms with E-state index in [1.165, 1.54) is 4.90 Å². The van der Waals surface area contributed by atoms with E-state index in [-0.39, 0.29) is 11.3 Å². The van der Waals surface area contributed by atoms with E-state index in [0.29, 0.717) is 34.1 Å². The molecular weight excluding hydrogens is 411 g/mol. The molecule has 1 N–H and O–H groups in total. The summed E-state index contributed by atoms with van der Waals surface area (Å²) >= 11 is 12.2. The van der Waals surface area contributed by atoms with Gasteiger partial charge in [0.05, 0.1) is 21.7 Å². The van der Waals surface area contributed by atoms with Gasteiger partial charge in [-0.2, -0.15) is 0 Å². The Morgan fingerprint density at radius 1 is 1.07 bits per heavy atom. The van der Waals surface area contributed by atoms with Crippen molar-refractivity contribution in [2.75, 3.05) is 27.2 Å². The predicted molar refractivity (Wildman–Crippen MR) is 115 cm³/mol. The molecule has 29 heavy (non-hydrogen) atoms. The number of halogens is 2. The molecule has 0 aromatic heterocycles. The lowest BCUT2D eigenvalue weighted by Gasteiger charge is -2.26. The third kappa shape index (κ3) is 4.47. The van der Waals surface area contributed by atoms with Crippen molar-refractivity contribution >= 4 is 40.7 Å². The molecule has 1 aliphatic rings. The Hall–Kier alpha value is -2.34. The molecule has 2 aromatic rings. The number of aliphatic hydroxyl groups excluding tert-OH is 1. The number of carbonyl (C=O) groups excluding carboxylic acids is 2. The third-order valence-corrected chi connectivity index (χ3v) is 5.59. The van der Waals surface area contributed by atoms with Crippen LogP contribution in [0.5, 0.6) is 0 Å². The second-order valence-corrected chi connectivity index (χ2v) is 8.00. The number of nitrogens with zero attached hydrogens (tertiary/aromatic N) is 2. The number of aliphatic hydroxyl groups is 1. The van der Waals surface area contributed by atoms with E-state index >= 15 is 0 Å². The van der Waals surface area contributed by atoms with Gasteiger partial charge in [0.15, 0.2) is 0 Å². The zero-order valence-corrected chi connectivity index (χ0v) is 17.7. The molecule has 2 aromatic carbocycles. The van der Waals surface area contributed by atoms with Crippen molar-refractivity contribution in [2.45, 2.75) is 12.5 Å². The molecule has 1 amide bonds. The van der Waals surface area contributed by atoms with Crippen molar-refractivity contribution in [3.8, 4) is 0 Å². The molecule has 0 unspecified atom stereocenters. The lowest BCUT2D eigenvalue weighted by atomic mass is 9.95. The summed E-state index contributed by atoms with van der Waals surface area (Å²) in [7, 11) is 3.89. The summed E-state index contributed by atoms with van der Waals surface area (Å²) < 4.78 is 0. The van der Waals surface area contributed by atoms with Gasteiger partial charge in [0.25, 0.3) is 11.7 Å². The highest BCUT2D eigenvalue weighted by atomic mass is 35.5. The fourth-order valence-corrected chi connectivity index (χ4v) is 3.75. The SMILES string of the molecule is CN(C)CCCN1C(=O)C(=O)C(=C(O)c2ccccc2)[C@H]1c1ccc(Cl)c(Cl)c1. The van der Waals surface area contributed by atoms with Crippen LogP contribution in [-0.4, -0.2) is 53.8 Å². The van der Waals surface area contributed by atoms with Crippen LogP contribution in [0.1, 0.15) is 23.6 Å². The van der Waals surface area contributed by atoms with Gasteiger partial charge in [0.2, 0.25) is 0 Å². The Kier molecular flexibility index (Phi) is 6.63. The number of Topliss-reactive ketones (excluding diaryl/α,β-unsaturated/α-hetero) is 1. The van der Waals surface area contributed by atoms with Crippen molar-refractivity contribution in [3.63, 3.8) is 0 Å². The van der Waals surface area contributed by atoms with Crippen LogP contribution in [0, 0.1) is 0 Å². The molecule has 0 radical (unpaired) electrons. The Bertz CT molecular complexity index is 958. The highest BCUT2D eigenvalue weighted by molar-refractivity contribution is 6.46. The van der Waals surface area contributed by atoms with E-state index in [1.807, 2.05) is 25.1 Å². The smallest absolute Gasteiger partial charge is 0.295 e. The minimum absolute atomic E-state index is 0.0597. The van der Waals surface area contributed by atoms with E-state index in [4.69, 9.17) is 23.2 Å². The summed E-state index contributed by atoms with van der Waals surface area (Å²) in [4.78, 5) is 29.2. The van der Waals surface area contributed by atoms with Crippen LogP contribution in [0.3, 0.4) is 0 Å². The van der Waals surface area contributed by atoms with Gasteiger partial charge < -0.3 is 14.9 Å². The van der Waals surface area contributed by atoms with Crippen LogP contribution in [0.25, 0.3) is 5.76 Å². The number of carbonyl (C=O) groups is 2. The zero-order chi connectivity index (χ0) is 21.1.